The number of hydrogen-bond donors (Lipinski definition) is 0. The van der Waals surface area contributed by atoms with E-state index in [2.05, 4.69) is 38.1 Å². The van der Waals surface area contributed by atoms with E-state index < -0.39 is 0 Å². The van der Waals surface area contributed by atoms with Gasteiger partial charge in [-0.1, -0.05) is 88.1 Å². The second-order valence-electron chi connectivity index (χ2n) is 9.45. The van der Waals surface area contributed by atoms with Crippen molar-refractivity contribution in [3.05, 3.63) is 83.9 Å². The molecular formula is C32H38O4. The van der Waals surface area contributed by atoms with Crippen molar-refractivity contribution in [3.63, 3.8) is 0 Å². The number of hydrogen-bond acceptors (Lipinski definition) is 4. The molecule has 190 valence electrons. The molecule has 0 radical (unpaired) electrons. The molecule has 3 aromatic rings. The Morgan fingerprint density at radius 3 is 1.11 bits per heavy atom. The highest BCUT2D eigenvalue weighted by atomic mass is 16.5. The van der Waals surface area contributed by atoms with Gasteiger partial charge in [-0.2, -0.15) is 0 Å². The van der Waals surface area contributed by atoms with Crippen LogP contribution in [-0.2, 0) is 9.47 Å². The molecule has 0 fully saturated rings. The maximum Gasteiger partial charge on any atom is 0.338 e. The minimum absolute atomic E-state index is 0.0706. The molecule has 0 saturated heterocycles. The highest BCUT2D eigenvalue weighted by Gasteiger charge is 2.13. The van der Waals surface area contributed by atoms with Crippen LogP contribution >= 0.6 is 0 Å². The van der Waals surface area contributed by atoms with Gasteiger partial charge in [-0.05, 0) is 73.2 Å². The van der Waals surface area contributed by atoms with E-state index in [1.807, 2.05) is 62.4 Å². The number of carbonyl (C=O) groups is 2. The van der Waals surface area contributed by atoms with E-state index in [4.69, 9.17) is 9.47 Å². The number of rotatable bonds is 12. The van der Waals surface area contributed by atoms with E-state index in [0.29, 0.717) is 11.1 Å². The number of unbranched alkanes of at least 4 members (excludes halogenated alkanes) is 2. The molecule has 3 aromatic carbocycles. The molecule has 0 spiro atoms. The molecule has 4 nitrogen and oxygen atoms in total. The molecule has 0 amide bonds. The Morgan fingerprint density at radius 1 is 0.556 bits per heavy atom. The Labute approximate surface area is 215 Å². The maximum absolute atomic E-state index is 12.4. The second-order valence-corrected chi connectivity index (χ2v) is 9.45. The first kappa shape index (κ1) is 27.2. The van der Waals surface area contributed by atoms with Gasteiger partial charge in [0.2, 0.25) is 0 Å². The summed E-state index contributed by atoms with van der Waals surface area (Å²) in [6, 6.07) is 23.3. The first-order valence-corrected chi connectivity index (χ1v) is 13.1. The van der Waals surface area contributed by atoms with Crippen molar-refractivity contribution in [2.45, 2.75) is 78.4 Å². The number of esters is 2. The van der Waals surface area contributed by atoms with Crippen molar-refractivity contribution >= 4 is 11.9 Å². The summed E-state index contributed by atoms with van der Waals surface area (Å²) in [5, 5.41) is 0. The molecule has 0 bridgehead atoms. The third-order valence-corrected chi connectivity index (χ3v) is 6.34. The Balaban J connectivity index is 1.60. The van der Waals surface area contributed by atoms with Crippen molar-refractivity contribution in [1.29, 1.82) is 0 Å². The second kappa shape index (κ2) is 13.6. The molecule has 2 unspecified atom stereocenters. The van der Waals surface area contributed by atoms with E-state index in [1.54, 1.807) is 0 Å². The molecular weight excluding hydrogens is 448 g/mol. The monoisotopic (exact) mass is 486 g/mol. The maximum atomic E-state index is 12.4. The lowest BCUT2D eigenvalue weighted by Crippen LogP contribution is -2.14. The van der Waals surface area contributed by atoms with Crippen LogP contribution in [-0.4, -0.2) is 24.1 Å². The van der Waals surface area contributed by atoms with Crippen molar-refractivity contribution in [2.75, 3.05) is 0 Å². The van der Waals surface area contributed by atoms with Crippen LogP contribution < -0.4 is 0 Å². The molecule has 0 N–H and O–H groups in total. The normalized spacial score (nSPS) is 12.6. The third kappa shape index (κ3) is 7.81. The average Bonchev–Trinajstić information content (AvgIpc) is 2.91. The fourth-order valence-corrected chi connectivity index (χ4v) is 4.06. The van der Waals surface area contributed by atoms with Gasteiger partial charge in [0.05, 0.1) is 23.3 Å². The van der Waals surface area contributed by atoms with Gasteiger partial charge >= 0.3 is 11.9 Å². The standard InChI is InChI=1S/C32H38O4/c1-5-7-9-23(3)35-31(33)29-19-15-27(16-20-29)25-11-13-26(14-12-25)28-17-21-30(22-18-28)32(34)36-24(4)10-8-6-2/h11-24H,5-10H2,1-4H3. The van der Waals surface area contributed by atoms with Crippen molar-refractivity contribution < 1.29 is 19.1 Å². The van der Waals surface area contributed by atoms with Gasteiger partial charge in [0.1, 0.15) is 0 Å². The summed E-state index contributed by atoms with van der Waals surface area (Å²) in [5.74, 6) is -0.550. The van der Waals surface area contributed by atoms with Gasteiger partial charge in [0.25, 0.3) is 0 Å². The van der Waals surface area contributed by atoms with Gasteiger partial charge in [0, 0.05) is 0 Å². The Bertz CT molecular complexity index is 1010. The molecule has 3 rings (SSSR count). The summed E-state index contributed by atoms with van der Waals surface area (Å²) >= 11 is 0. The van der Waals surface area contributed by atoms with E-state index in [-0.39, 0.29) is 24.1 Å². The third-order valence-electron chi connectivity index (χ3n) is 6.34. The summed E-state index contributed by atoms with van der Waals surface area (Å²) in [4.78, 5) is 24.8. The Hall–Kier alpha value is -3.40. The van der Waals surface area contributed by atoms with Crippen molar-refractivity contribution in [2.24, 2.45) is 0 Å². The summed E-state index contributed by atoms with van der Waals surface area (Å²) in [6.07, 6.45) is 5.92. The number of benzene rings is 3. The molecule has 0 aliphatic heterocycles. The molecule has 0 aliphatic rings. The lowest BCUT2D eigenvalue weighted by molar-refractivity contribution is 0.0310. The first-order valence-electron chi connectivity index (χ1n) is 13.1. The molecule has 2 atom stereocenters. The minimum Gasteiger partial charge on any atom is -0.459 e. The van der Waals surface area contributed by atoms with Crippen molar-refractivity contribution in [1.82, 2.24) is 0 Å². The zero-order chi connectivity index (χ0) is 25.9. The van der Waals surface area contributed by atoms with Gasteiger partial charge in [-0.25, -0.2) is 9.59 Å². The predicted molar refractivity (Wildman–Crippen MR) is 146 cm³/mol. The summed E-state index contributed by atoms with van der Waals surface area (Å²) in [5.41, 5.74) is 5.33. The van der Waals surface area contributed by atoms with Crippen LogP contribution in [0.5, 0.6) is 0 Å². The smallest absolute Gasteiger partial charge is 0.338 e. The highest BCUT2D eigenvalue weighted by Crippen LogP contribution is 2.26. The van der Waals surface area contributed by atoms with Crippen LogP contribution in [0.2, 0.25) is 0 Å². The Morgan fingerprint density at radius 2 is 0.833 bits per heavy atom. The largest absolute Gasteiger partial charge is 0.459 e. The first-order chi connectivity index (χ1) is 17.4. The van der Waals surface area contributed by atoms with Crippen LogP contribution in [0.1, 0.15) is 86.9 Å². The average molecular weight is 487 g/mol. The lowest BCUT2D eigenvalue weighted by atomic mass is 9.99. The van der Waals surface area contributed by atoms with Gasteiger partial charge in [0.15, 0.2) is 0 Å². The van der Waals surface area contributed by atoms with Gasteiger partial charge in [-0.15, -0.1) is 0 Å². The SMILES string of the molecule is CCCCC(C)OC(=O)c1ccc(-c2ccc(-c3ccc(C(=O)OC(C)CCCC)cc3)cc2)cc1. The topological polar surface area (TPSA) is 52.6 Å². The van der Waals surface area contributed by atoms with Crippen LogP contribution in [0.15, 0.2) is 72.8 Å². The Kier molecular flexibility index (Phi) is 10.3. The molecule has 4 heteroatoms. The summed E-state index contributed by atoms with van der Waals surface area (Å²) in [7, 11) is 0. The van der Waals surface area contributed by atoms with E-state index in [0.717, 1.165) is 60.8 Å². The fourth-order valence-electron chi connectivity index (χ4n) is 4.06. The molecule has 36 heavy (non-hydrogen) atoms. The van der Waals surface area contributed by atoms with E-state index in [9.17, 15) is 9.59 Å². The number of ether oxygens (including phenoxy) is 2. The summed E-state index contributed by atoms with van der Waals surface area (Å²) in [6.45, 7) is 8.14. The zero-order valence-corrected chi connectivity index (χ0v) is 22.0. The number of carbonyl (C=O) groups excluding carboxylic acids is 2. The molecule has 0 aliphatic carbocycles. The predicted octanol–water partition coefficient (Wildman–Crippen LogP) is 8.49. The fraction of sp³-hybridized carbons (Fsp3) is 0.375. The zero-order valence-electron chi connectivity index (χ0n) is 22.0. The summed E-state index contributed by atoms with van der Waals surface area (Å²) < 4.78 is 11.1. The minimum atomic E-state index is -0.275. The van der Waals surface area contributed by atoms with Gasteiger partial charge < -0.3 is 9.47 Å². The lowest BCUT2D eigenvalue weighted by Gasteiger charge is -2.13. The van der Waals surface area contributed by atoms with E-state index in [1.165, 1.54) is 0 Å². The van der Waals surface area contributed by atoms with Crippen LogP contribution in [0.3, 0.4) is 0 Å². The molecule has 0 heterocycles. The highest BCUT2D eigenvalue weighted by molar-refractivity contribution is 5.91. The molecule has 0 saturated carbocycles. The van der Waals surface area contributed by atoms with Crippen LogP contribution in [0, 0.1) is 0 Å². The van der Waals surface area contributed by atoms with Crippen molar-refractivity contribution in [3.8, 4) is 22.3 Å². The molecule has 0 aromatic heterocycles. The van der Waals surface area contributed by atoms with E-state index >= 15 is 0 Å². The van der Waals surface area contributed by atoms with Gasteiger partial charge in [-0.3, -0.25) is 0 Å². The quantitative estimate of drug-likeness (QED) is 0.241. The van der Waals surface area contributed by atoms with Crippen LogP contribution in [0.4, 0.5) is 0 Å². The van der Waals surface area contributed by atoms with Crippen LogP contribution in [0.25, 0.3) is 22.3 Å².